The Morgan fingerprint density at radius 3 is 2.50 bits per heavy atom. The maximum absolute atomic E-state index is 12.5. The number of benzene rings is 1. The first-order valence-corrected chi connectivity index (χ1v) is 9.92. The van der Waals surface area contributed by atoms with E-state index < -0.39 is 0 Å². The van der Waals surface area contributed by atoms with Crippen molar-refractivity contribution in [3.63, 3.8) is 0 Å². The molecule has 26 heavy (non-hydrogen) atoms. The number of amides is 2. The number of likely N-dealkylation sites (tertiary alicyclic amines) is 2. The Kier molecular flexibility index (Phi) is 4.74. The minimum absolute atomic E-state index is 0.135. The largest absolute Gasteiger partial charge is 0.341 e. The lowest BCUT2D eigenvalue weighted by Gasteiger charge is -2.47. The molecule has 0 radical (unpaired) electrons. The third-order valence-electron chi connectivity index (χ3n) is 6.52. The van der Waals surface area contributed by atoms with E-state index in [0.29, 0.717) is 18.9 Å². The Bertz CT molecular complexity index is 663. The molecule has 5 heteroatoms. The molecule has 1 aromatic carbocycles. The van der Waals surface area contributed by atoms with Crippen LogP contribution >= 0.6 is 0 Å². The normalized spacial score (nSPS) is 24.0. The lowest BCUT2D eigenvalue weighted by molar-refractivity contribution is -0.143. The number of rotatable bonds is 4. The first-order valence-electron chi connectivity index (χ1n) is 9.92. The van der Waals surface area contributed by atoms with Gasteiger partial charge >= 0.3 is 0 Å². The van der Waals surface area contributed by atoms with Crippen molar-refractivity contribution in [2.45, 2.75) is 51.1 Å². The summed E-state index contributed by atoms with van der Waals surface area (Å²) in [6, 6.07) is 9.90. The van der Waals surface area contributed by atoms with Crippen molar-refractivity contribution in [1.82, 2.24) is 9.80 Å². The molecule has 1 aliphatic carbocycles. The SMILES string of the molecule is N[C@H](C(=O)N1CCC2(CCC(=O)N(Cc3ccccc3)C2)CC1)C1CC1. The van der Waals surface area contributed by atoms with Crippen molar-refractivity contribution in [3.8, 4) is 0 Å². The topological polar surface area (TPSA) is 66.6 Å². The maximum atomic E-state index is 12.5. The fourth-order valence-electron chi connectivity index (χ4n) is 4.53. The van der Waals surface area contributed by atoms with Crippen LogP contribution in [0.1, 0.15) is 44.1 Å². The second-order valence-corrected chi connectivity index (χ2v) is 8.42. The Labute approximate surface area is 155 Å². The van der Waals surface area contributed by atoms with Crippen molar-refractivity contribution < 1.29 is 9.59 Å². The quantitative estimate of drug-likeness (QED) is 0.900. The van der Waals surface area contributed by atoms with E-state index in [-0.39, 0.29) is 23.3 Å². The minimum Gasteiger partial charge on any atom is -0.341 e. The molecule has 5 nitrogen and oxygen atoms in total. The molecule has 140 valence electrons. The van der Waals surface area contributed by atoms with E-state index in [0.717, 1.165) is 51.7 Å². The summed E-state index contributed by atoms with van der Waals surface area (Å²) in [7, 11) is 0. The number of piperidine rings is 2. The molecule has 2 aliphatic heterocycles. The van der Waals surface area contributed by atoms with Crippen LogP contribution in [0.25, 0.3) is 0 Å². The Hall–Kier alpha value is -1.88. The Balaban J connectivity index is 1.37. The summed E-state index contributed by atoms with van der Waals surface area (Å²) in [5.74, 6) is 0.802. The van der Waals surface area contributed by atoms with Crippen molar-refractivity contribution in [3.05, 3.63) is 35.9 Å². The Morgan fingerprint density at radius 2 is 1.85 bits per heavy atom. The summed E-state index contributed by atoms with van der Waals surface area (Å²) in [6.07, 6.45) is 5.74. The molecular formula is C21H29N3O2. The molecule has 4 rings (SSSR count). The third kappa shape index (κ3) is 3.63. The molecule has 2 heterocycles. The maximum Gasteiger partial charge on any atom is 0.239 e. The van der Waals surface area contributed by atoms with Crippen LogP contribution in [0.15, 0.2) is 30.3 Å². The number of hydrogen-bond acceptors (Lipinski definition) is 3. The lowest BCUT2D eigenvalue weighted by atomic mass is 9.72. The lowest BCUT2D eigenvalue weighted by Crippen LogP contribution is -2.54. The molecule has 2 N–H and O–H groups in total. The zero-order valence-electron chi connectivity index (χ0n) is 15.4. The van der Waals surface area contributed by atoms with Crippen LogP contribution in [-0.2, 0) is 16.1 Å². The van der Waals surface area contributed by atoms with Gasteiger partial charge in [-0.3, -0.25) is 9.59 Å². The fraction of sp³-hybridized carbons (Fsp3) is 0.619. The number of nitrogens with two attached hydrogens (primary N) is 1. The predicted octanol–water partition coefficient (Wildman–Crippen LogP) is 2.16. The summed E-state index contributed by atoms with van der Waals surface area (Å²) in [5.41, 5.74) is 7.46. The van der Waals surface area contributed by atoms with Gasteiger partial charge < -0.3 is 15.5 Å². The van der Waals surface area contributed by atoms with Crippen molar-refractivity contribution in [1.29, 1.82) is 0 Å². The van der Waals surface area contributed by atoms with Gasteiger partial charge in [0.1, 0.15) is 0 Å². The summed E-state index contributed by atoms with van der Waals surface area (Å²) in [5, 5.41) is 0. The molecule has 2 saturated heterocycles. The Morgan fingerprint density at radius 1 is 1.15 bits per heavy atom. The zero-order chi connectivity index (χ0) is 18.1. The van der Waals surface area contributed by atoms with Crippen LogP contribution in [0.4, 0.5) is 0 Å². The predicted molar refractivity (Wildman–Crippen MR) is 100 cm³/mol. The van der Waals surface area contributed by atoms with E-state index in [1.54, 1.807) is 0 Å². The van der Waals surface area contributed by atoms with Gasteiger partial charge in [0.25, 0.3) is 0 Å². The van der Waals surface area contributed by atoms with Gasteiger partial charge in [0.15, 0.2) is 0 Å². The second-order valence-electron chi connectivity index (χ2n) is 8.42. The van der Waals surface area contributed by atoms with Gasteiger partial charge in [-0.15, -0.1) is 0 Å². The molecule has 1 saturated carbocycles. The summed E-state index contributed by atoms with van der Waals surface area (Å²) >= 11 is 0. The summed E-state index contributed by atoms with van der Waals surface area (Å²) in [6.45, 7) is 3.08. The molecule has 1 atom stereocenters. The van der Waals surface area contributed by atoms with Gasteiger partial charge in [-0.25, -0.2) is 0 Å². The van der Waals surface area contributed by atoms with Gasteiger partial charge in [-0.05, 0) is 49.0 Å². The number of hydrogen-bond donors (Lipinski definition) is 1. The first-order chi connectivity index (χ1) is 12.6. The molecule has 2 amide bonds. The standard InChI is InChI=1S/C21H29N3O2/c22-19(17-6-7-17)20(26)23-12-10-21(11-13-23)9-8-18(25)24(15-21)14-16-4-2-1-3-5-16/h1-5,17,19H,6-15,22H2/t19-/m0/s1. The van der Waals surface area contributed by atoms with E-state index in [4.69, 9.17) is 5.73 Å². The van der Waals surface area contributed by atoms with Gasteiger partial charge in [-0.2, -0.15) is 0 Å². The highest BCUT2D eigenvalue weighted by atomic mass is 16.2. The smallest absolute Gasteiger partial charge is 0.239 e. The highest BCUT2D eigenvalue weighted by Crippen LogP contribution is 2.41. The van der Waals surface area contributed by atoms with Crippen LogP contribution in [0, 0.1) is 11.3 Å². The van der Waals surface area contributed by atoms with Crippen molar-refractivity contribution in [2.24, 2.45) is 17.1 Å². The van der Waals surface area contributed by atoms with Gasteiger partial charge in [-0.1, -0.05) is 30.3 Å². The van der Waals surface area contributed by atoms with Crippen molar-refractivity contribution in [2.75, 3.05) is 19.6 Å². The number of nitrogens with zero attached hydrogens (tertiary/aromatic N) is 2. The molecule has 1 aromatic rings. The van der Waals surface area contributed by atoms with Crippen LogP contribution < -0.4 is 5.73 Å². The summed E-state index contributed by atoms with van der Waals surface area (Å²) in [4.78, 5) is 28.9. The first kappa shape index (κ1) is 17.5. The van der Waals surface area contributed by atoms with Crippen molar-refractivity contribution >= 4 is 11.8 Å². The highest BCUT2D eigenvalue weighted by molar-refractivity contribution is 5.82. The van der Waals surface area contributed by atoms with Crippen LogP contribution in [-0.4, -0.2) is 47.3 Å². The average molecular weight is 355 g/mol. The molecule has 3 aliphatic rings. The number of carbonyl (C=O) groups is 2. The van der Waals surface area contributed by atoms with E-state index in [1.807, 2.05) is 28.0 Å². The minimum atomic E-state index is -0.299. The van der Waals surface area contributed by atoms with E-state index >= 15 is 0 Å². The average Bonchev–Trinajstić information content (AvgIpc) is 3.51. The number of carbonyl (C=O) groups excluding carboxylic acids is 2. The van der Waals surface area contributed by atoms with Crippen LogP contribution in [0.3, 0.4) is 0 Å². The zero-order valence-corrected chi connectivity index (χ0v) is 15.4. The van der Waals surface area contributed by atoms with Crippen LogP contribution in [0.2, 0.25) is 0 Å². The van der Waals surface area contributed by atoms with E-state index in [2.05, 4.69) is 12.1 Å². The third-order valence-corrected chi connectivity index (χ3v) is 6.52. The van der Waals surface area contributed by atoms with E-state index in [9.17, 15) is 9.59 Å². The molecular weight excluding hydrogens is 326 g/mol. The molecule has 0 aromatic heterocycles. The molecule has 1 spiro atoms. The molecule has 0 bridgehead atoms. The highest BCUT2D eigenvalue weighted by Gasteiger charge is 2.43. The fourth-order valence-corrected chi connectivity index (χ4v) is 4.53. The molecule has 3 fully saturated rings. The second kappa shape index (κ2) is 7.03. The van der Waals surface area contributed by atoms with Crippen LogP contribution in [0.5, 0.6) is 0 Å². The molecule has 0 unspecified atom stereocenters. The van der Waals surface area contributed by atoms with E-state index in [1.165, 1.54) is 5.56 Å². The summed E-state index contributed by atoms with van der Waals surface area (Å²) < 4.78 is 0. The van der Waals surface area contributed by atoms with Gasteiger partial charge in [0.05, 0.1) is 6.04 Å². The van der Waals surface area contributed by atoms with Gasteiger partial charge in [0, 0.05) is 32.6 Å². The monoisotopic (exact) mass is 355 g/mol. The van der Waals surface area contributed by atoms with Gasteiger partial charge in [0.2, 0.25) is 11.8 Å².